The standard InChI is InChI=1S/2C10H8N6.2CNS.Fe/c2*1-3-13-15(5-1)9-7-10(12-8-11-9)16-6-2-4-14-16;2*2-1-3;/h2*1-8H;;;/q;;2*-1;+2. The number of nitrogens with zero attached hydrogens (tertiary/aromatic N) is 14. The van der Waals surface area contributed by atoms with Gasteiger partial charge in [-0.25, -0.2) is 38.7 Å². The molecule has 0 radical (unpaired) electrons. The molecule has 0 aromatic carbocycles. The zero-order valence-corrected chi connectivity index (χ0v) is 22.4. The molecular formula is C22H16FeN14S2. The van der Waals surface area contributed by atoms with E-state index in [9.17, 15) is 0 Å². The Morgan fingerprint density at radius 1 is 0.513 bits per heavy atom. The Morgan fingerprint density at radius 3 is 0.923 bits per heavy atom. The van der Waals surface area contributed by atoms with Gasteiger partial charge in [-0.15, -0.1) is 0 Å². The summed E-state index contributed by atoms with van der Waals surface area (Å²) < 4.78 is 6.70. The maximum Gasteiger partial charge on any atom is 2.00 e. The summed E-state index contributed by atoms with van der Waals surface area (Å²) in [5.74, 6) is 2.85. The van der Waals surface area contributed by atoms with Gasteiger partial charge in [0.1, 0.15) is 12.7 Å². The molecule has 0 aliphatic heterocycles. The average molecular weight is 596 g/mol. The quantitative estimate of drug-likeness (QED) is 0.168. The van der Waals surface area contributed by atoms with Crippen molar-refractivity contribution in [1.29, 1.82) is 0 Å². The van der Waals surface area contributed by atoms with E-state index in [-0.39, 0.29) is 17.1 Å². The first kappa shape index (κ1) is 30.3. The van der Waals surface area contributed by atoms with Crippen LogP contribution in [-0.4, -0.2) is 69.4 Å². The molecule has 0 unspecified atom stereocenters. The van der Waals surface area contributed by atoms with E-state index < -0.39 is 0 Å². The minimum Gasteiger partial charge on any atom is -0.753 e. The van der Waals surface area contributed by atoms with Crippen molar-refractivity contribution in [3.8, 4) is 23.3 Å². The molecule has 17 heteroatoms. The summed E-state index contributed by atoms with van der Waals surface area (Å²) >= 11 is 7.40. The van der Waals surface area contributed by atoms with Crippen LogP contribution in [0.5, 0.6) is 0 Å². The zero-order chi connectivity index (χ0) is 27.0. The van der Waals surface area contributed by atoms with Crippen molar-refractivity contribution in [2.45, 2.75) is 0 Å². The molecule has 39 heavy (non-hydrogen) atoms. The van der Waals surface area contributed by atoms with Crippen LogP contribution in [0.4, 0.5) is 0 Å². The summed E-state index contributed by atoms with van der Waals surface area (Å²) in [6.07, 6.45) is 17.1. The minimum atomic E-state index is 0. The Kier molecular flexibility index (Phi) is 13.1. The second-order valence-corrected chi connectivity index (χ2v) is 6.82. The van der Waals surface area contributed by atoms with Gasteiger partial charge in [0.15, 0.2) is 23.3 Å². The summed E-state index contributed by atoms with van der Waals surface area (Å²) in [5, 5.41) is 33.4. The van der Waals surface area contributed by atoms with Crippen molar-refractivity contribution in [3.05, 3.63) is 109 Å². The fourth-order valence-electron chi connectivity index (χ4n) is 2.79. The Hall–Kier alpha value is -4.88. The van der Waals surface area contributed by atoms with Crippen molar-refractivity contribution in [2.75, 3.05) is 0 Å². The fourth-order valence-corrected chi connectivity index (χ4v) is 2.79. The van der Waals surface area contributed by atoms with Gasteiger partial charge < -0.3 is 10.8 Å². The molecule has 0 aliphatic carbocycles. The van der Waals surface area contributed by atoms with Crippen molar-refractivity contribution < 1.29 is 17.1 Å². The third-order valence-corrected chi connectivity index (χ3v) is 4.23. The molecule has 6 heterocycles. The summed E-state index contributed by atoms with van der Waals surface area (Å²) in [5.41, 5.74) is 0. The van der Waals surface area contributed by atoms with Crippen molar-refractivity contribution in [1.82, 2.24) is 59.1 Å². The zero-order valence-electron chi connectivity index (χ0n) is 19.7. The summed E-state index contributed by atoms with van der Waals surface area (Å²) in [6, 6.07) is 11.0. The minimum absolute atomic E-state index is 0. The number of aromatic nitrogens is 12. The molecule has 0 spiro atoms. The largest absolute Gasteiger partial charge is 2.00 e. The smallest absolute Gasteiger partial charge is 0.753 e. The molecule has 0 fully saturated rings. The van der Waals surface area contributed by atoms with E-state index in [1.165, 1.54) is 23.0 Å². The molecule has 6 rings (SSSR count). The first-order valence-electron chi connectivity index (χ1n) is 10.4. The first-order chi connectivity index (χ1) is 18.7. The Balaban J connectivity index is 0.000000224. The van der Waals surface area contributed by atoms with Crippen LogP contribution in [0, 0.1) is 0 Å². The molecule has 0 saturated carbocycles. The maximum absolute atomic E-state index is 7.13. The fraction of sp³-hybridized carbons (Fsp3) is 0. The van der Waals surface area contributed by atoms with Crippen LogP contribution in [0.1, 0.15) is 0 Å². The first-order valence-corrected chi connectivity index (χ1v) is 11.2. The molecule has 0 N–H and O–H groups in total. The number of rotatable bonds is 4. The van der Waals surface area contributed by atoms with Crippen LogP contribution in [0.2, 0.25) is 0 Å². The van der Waals surface area contributed by atoms with E-state index in [0.717, 1.165) is 0 Å². The summed E-state index contributed by atoms with van der Waals surface area (Å²) in [6.45, 7) is 0. The van der Waals surface area contributed by atoms with E-state index in [1.807, 2.05) is 61.2 Å². The molecular weight excluding hydrogens is 580 g/mol. The number of thiocarbonyl (C=S) groups is 2. The Labute approximate surface area is 242 Å². The van der Waals surface area contributed by atoms with Gasteiger partial charge in [-0.2, -0.15) is 30.7 Å². The van der Waals surface area contributed by atoms with Gasteiger partial charge in [-0.1, -0.05) is 24.4 Å². The second-order valence-electron chi connectivity index (χ2n) is 6.45. The predicted molar refractivity (Wildman–Crippen MR) is 144 cm³/mol. The van der Waals surface area contributed by atoms with Crippen LogP contribution in [0.3, 0.4) is 0 Å². The Bertz CT molecular complexity index is 1340. The van der Waals surface area contributed by atoms with Crippen LogP contribution in [0.15, 0.2) is 98.6 Å². The van der Waals surface area contributed by atoms with Crippen LogP contribution in [0.25, 0.3) is 34.1 Å². The molecule has 0 aliphatic rings. The number of isothiocyanates is 2. The van der Waals surface area contributed by atoms with E-state index in [2.05, 4.69) is 64.8 Å². The molecule has 0 amide bonds. The van der Waals surface area contributed by atoms with Crippen LogP contribution in [-0.2, 0) is 17.1 Å². The topological polar surface area (TPSA) is 167 Å². The van der Waals surface area contributed by atoms with E-state index >= 15 is 0 Å². The van der Waals surface area contributed by atoms with E-state index in [0.29, 0.717) is 23.3 Å². The molecule has 6 aromatic heterocycles. The van der Waals surface area contributed by atoms with E-state index in [4.69, 9.17) is 10.8 Å². The van der Waals surface area contributed by atoms with Gasteiger partial charge in [0.2, 0.25) is 0 Å². The van der Waals surface area contributed by atoms with Gasteiger partial charge in [-0.3, -0.25) is 0 Å². The van der Waals surface area contributed by atoms with Crippen LogP contribution >= 0.6 is 24.4 Å². The van der Waals surface area contributed by atoms with Crippen molar-refractivity contribution in [2.24, 2.45) is 0 Å². The van der Waals surface area contributed by atoms with Gasteiger partial charge in [0.25, 0.3) is 0 Å². The third kappa shape index (κ3) is 9.18. The summed E-state index contributed by atoms with van der Waals surface area (Å²) in [4.78, 5) is 16.6. The maximum atomic E-state index is 7.13. The number of hydrogen-bond donors (Lipinski definition) is 0. The summed E-state index contributed by atoms with van der Waals surface area (Å²) in [7, 11) is 0. The molecule has 14 nitrogen and oxygen atoms in total. The Morgan fingerprint density at radius 2 is 0.744 bits per heavy atom. The SMILES string of the molecule is [Fe+2].[N-]=C=S.[N-]=C=S.c1cnn(-c2cc(-n3cccn3)ncn2)c1.c1cnn(-c2cc(-n3cccn3)ncn2)c1. The average Bonchev–Trinajstić information content (AvgIpc) is 3.78. The third-order valence-electron chi connectivity index (χ3n) is 4.23. The van der Waals surface area contributed by atoms with Gasteiger partial charge in [0, 0.05) is 61.7 Å². The monoisotopic (exact) mass is 596 g/mol. The van der Waals surface area contributed by atoms with Gasteiger partial charge in [-0.05, 0) is 24.3 Å². The number of hydrogen-bond acceptors (Lipinski definition) is 10. The molecule has 0 saturated heterocycles. The van der Waals surface area contributed by atoms with Gasteiger partial charge >= 0.3 is 17.1 Å². The van der Waals surface area contributed by atoms with Crippen molar-refractivity contribution in [3.63, 3.8) is 0 Å². The second kappa shape index (κ2) is 16.8. The van der Waals surface area contributed by atoms with Crippen LogP contribution < -0.4 is 0 Å². The molecule has 6 aromatic rings. The van der Waals surface area contributed by atoms with E-state index in [1.54, 1.807) is 43.5 Å². The van der Waals surface area contributed by atoms with Gasteiger partial charge in [0.05, 0.1) is 0 Å². The molecule has 194 valence electrons. The molecule has 0 atom stereocenters. The normalized spacial score (nSPS) is 9.03. The predicted octanol–water partition coefficient (Wildman–Crippen LogP) is 3.01. The van der Waals surface area contributed by atoms with Crippen molar-refractivity contribution >= 4 is 34.8 Å². The molecule has 0 bridgehead atoms.